The molecule has 0 bridgehead atoms. The summed E-state index contributed by atoms with van der Waals surface area (Å²) >= 11 is 0. The van der Waals surface area contributed by atoms with Gasteiger partial charge < -0.3 is 9.64 Å². The molecule has 1 aliphatic rings. The van der Waals surface area contributed by atoms with Crippen LogP contribution >= 0.6 is 0 Å². The van der Waals surface area contributed by atoms with Crippen molar-refractivity contribution in [3.63, 3.8) is 0 Å². The van der Waals surface area contributed by atoms with Gasteiger partial charge >= 0.3 is 0 Å². The molecule has 6 nitrogen and oxygen atoms in total. The highest BCUT2D eigenvalue weighted by atomic mass is 32.2. The normalized spacial score (nSPS) is 17.7. The van der Waals surface area contributed by atoms with Crippen LogP contribution in [0.5, 0.6) is 0 Å². The van der Waals surface area contributed by atoms with Crippen molar-refractivity contribution in [1.82, 2.24) is 9.62 Å². The molecule has 0 unspecified atom stereocenters. The average molecular weight is 388 g/mol. The van der Waals surface area contributed by atoms with E-state index in [-0.39, 0.29) is 23.5 Å². The fraction of sp³-hybridized carbons (Fsp3) is 0.350. The number of morpholine rings is 1. The number of carbonyl (C=O) groups excluding carboxylic acids is 1. The Balaban J connectivity index is 1.63. The van der Waals surface area contributed by atoms with Gasteiger partial charge in [0, 0.05) is 6.54 Å². The first-order valence-corrected chi connectivity index (χ1v) is 10.4. The molecule has 0 spiro atoms. The van der Waals surface area contributed by atoms with Gasteiger partial charge in [0.25, 0.3) is 0 Å². The van der Waals surface area contributed by atoms with Gasteiger partial charge in [-0.1, -0.05) is 48.0 Å². The minimum atomic E-state index is -3.74. The molecule has 0 aromatic heterocycles. The highest BCUT2D eigenvalue weighted by Gasteiger charge is 2.26. The SMILES string of the molecule is Cc1ccc(S(=O)(=O)NCC(=O)N2CCO[C@@H](c3ccccc3)C2)c(C)c1. The molecule has 1 N–H and O–H groups in total. The summed E-state index contributed by atoms with van der Waals surface area (Å²) in [4.78, 5) is 14.4. The van der Waals surface area contributed by atoms with Gasteiger partial charge in [0.2, 0.25) is 15.9 Å². The summed E-state index contributed by atoms with van der Waals surface area (Å²) in [6, 6.07) is 14.8. The lowest BCUT2D eigenvalue weighted by atomic mass is 10.1. The molecule has 0 saturated carbocycles. The molecule has 7 heteroatoms. The zero-order valence-corrected chi connectivity index (χ0v) is 16.3. The molecule has 0 radical (unpaired) electrons. The number of nitrogens with one attached hydrogen (secondary N) is 1. The number of nitrogens with zero attached hydrogens (tertiary/aromatic N) is 1. The van der Waals surface area contributed by atoms with E-state index in [2.05, 4.69) is 4.72 Å². The second-order valence-corrected chi connectivity index (χ2v) is 8.44. The maximum Gasteiger partial charge on any atom is 0.241 e. The molecule has 1 fully saturated rings. The number of aryl methyl sites for hydroxylation is 2. The summed E-state index contributed by atoms with van der Waals surface area (Å²) in [7, 11) is -3.74. The molecule has 144 valence electrons. The summed E-state index contributed by atoms with van der Waals surface area (Å²) in [5.74, 6) is -0.257. The lowest BCUT2D eigenvalue weighted by molar-refractivity contribution is -0.137. The molecule has 3 rings (SSSR count). The van der Waals surface area contributed by atoms with E-state index in [1.165, 1.54) is 0 Å². The molecule has 1 saturated heterocycles. The first-order chi connectivity index (χ1) is 12.9. The molecule has 2 aromatic carbocycles. The third-order valence-corrected chi connectivity index (χ3v) is 6.19. The van der Waals surface area contributed by atoms with Gasteiger partial charge in [-0.05, 0) is 31.0 Å². The van der Waals surface area contributed by atoms with E-state index in [9.17, 15) is 13.2 Å². The first-order valence-electron chi connectivity index (χ1n) is 8.88. The number of carbonyl (C=O) groups is 1. The van der Waals surface area contributed by atoms with Crippen molar-refractivity contribution in [2.24, 2.45) is 0 Å². The number of sulfonamides is 1. The molecule has 2 aromatic rings. The van der Waals surface area contributed by atoms with Crippen molar-refractivity contribution in [2.45, 2.75) is 24.8 Å². The summed E-state index contributed by atoms with van der Waals surface area (Å²) < 4.78 is 33.2. The highest BCUT2D eigenvalue weighted by Crippen LogP contribution is 2.22. The van der Waals surface area contributed by atoms with Crippen molar-refractivity contribution in [3.8, 4) is 0 Å². The number of hydrogen-bond donors (Lipinski definition) is 1. The number of ether oxygens (including phenoxy) is 1. The Hall–Kier alpha value is -2.22. The largest absolute Gasteiger partial charge is 0.370 e. The van der Waals surface area contributed by atoms with Crippen molar-refractivity contribution in [2.75, 3.05) is 26.2 Å². The molecule has 1 aliphatic heterocycles. The van der Waals surface area contributed by atoms with Gasteiger partial charge in [0.15, 0.2) is 0 Å². The van der Waals surface area contributed by atoms with E-state index < -0.39 is 10.0 Å². The Morgan fingerprint density at radius 3 is 2.63 bits per heavy atom. The Morgan fingerprint density at radius 1 is 1.19 bits per heavy atom. The van der Waals surface area contributed by atoms with Gasteiger partial charge in [-0.3, -0.25) is 4.79 Å². The molecule has 1 heterocycles. The number of benzene rings is 2. The van der Waals surface area contributed by atoms with Crippen molar-refractivity contribution < 1.29 is 17.9 Å². The summed E-state index contributed by atoms with van der Waals surface area (Å²) in [6.45, 7) is 4.67. The lowest BCUT2D eigenvalue weighted by Crippen LogP contribution is -2.46. The predicted molar refractivity (Wildman–Crippen MR) is 103 cm³/mol. The van der Waals surface area contributed by atoms with Crippen molar-refractivity contribution in [1.29, 1.82) is 0 Å². The van der Waals surface area contributed by atoms with Crippen LogP contribution in [-0.2, 0) is 19.6 Å². The fourth-order valence-electron chi connectivity index (χ4n) is 3.19. The third-order valence-electron chi connectivity index (χ3n) is 4.62. The van der Waals surface area contributed by atoms with Gasteiger partial charge in [-0.25, -0.2) is 13.1 Å². The van der Waals surface area contributed by atoms with Crippen molar-refractivity contribution >= 4 is 15.9 Å². The maximum atomic E-state index is 12.5. The smallest absolute Gasteiger partial charge is 0.241 e. The predicted octanol–water partition coefficient (Wildman–Crippen LogP) is 2.18. The van der Waals surface area contributed by atoms with Crippen LogP contribution < -0.4 is 4.72 Å². The minimum Gasteiger partial charge on any atom is -0.370 e. The second-order valence-electron chi connectivity index (χ2n) is 6.70. The van der Waals surface area contributed by atoms with Crippen LogP contribution in [0.2, 0.25) is 0 Å². The van der Waals surface area contributed by atoms with E-state index >= 15 is 0 Å². The first kappa shape index (κ1) is 19.5. The van der Waals surface area contributed by atoms with E-state index in [0.29, 0.717) is 25.3 Å². The van der Waals surface area contributed by atoms with E-state index in [1.807, 2.05) is 43.3 Å². The van der Waals surface area contributed by atoms with Crippen LogP contribution in [0.1, 0.15) is 22.8 Å². The quantitative estimate of drug-likeness (QED) is 0.852. The van der Waals surface area contributed by atoms with Crippen LogP contribution in [0.15, 0.2) is 53.4 Å². The van der Waals surface area contributed by atoms with Gasteiger partial charge in [-0.2, -0.15) is 0 Å². The van der Waals surface area contributed by atoms with Gasteiger partial charge in [0.05, 0.1) is 24.6 Å². The van der Waals surface area contributed by atoms with Crippen LogP contribution in [0.3, 0.4) is 0 Å². The van der Waals surface area contributed by atoms with E-state index in [4.69, 9.17) is 4.74 Å². The molecular formula is C20H24N2O4S. The summed E-state index contributed by atoms with van der Waals surface area (Å²) in [5, 5.41) is 0. The highest BCUT2D eigenvalue weighted by molar-refractivity contribution is 7.89. The van der Waals surface area contributed by atoms with E-state index in [1.54, 1.807) is 24.0 Å². The number of amides is 1. The standard InChI is InChI=1S/C20H24N2O4S/c1-15-8-9-19(16(2)12-15)27(24,25)21-13-20(23)22-10-11-26-18(14-22)17-6-4-3-5-7-17/h3-9,12,18,21H,10-11,13-14H2,1-2H3/t18-/m1/s1. The summed E-state index contributed by atoms with van der Waals surface area (Å²) in [5.41, 5.74) is 2.65. The number of rotatable bonds is 5. The Morgan fingerprint density at radius 2 is 1.93 bits per heavy atom. The summed E-state index contributed by atoms with van der Waals surface area (Å²) in [6.07, 6.45) is -0.195. The Kier molecular flexibility index (Phi) is 5.94. The Bertz CT molecular complexity index is 913. The van der Waals surface area contributed by atoms with Crippen LogP contribution in [0.4, 0.5) is 0 Å². The second kappa shape index (κ2) is 8.21. The zero-order valence-electron chi connectivity index (χ0n) is 15.5. The third kappa shape index (κ3) is 4.74. The van der Waals surface area contributed by atoms with Crippen LogP contribution in [0.25, 0.3) is 0 Å². The fourth-order valence-corrected chi connectivity index (χ4v) is 4.39. The molecule has 1 amide bonds. The van der Waals surface area contributed by atoms with E-state index in [0.717, 1.165) is 11.1 Å². The topological polar surface area (TPSA) is 75.7 Å². The minimum absolute atomic E-state index is 0.195. The molecular weight excluding hydrogens is 364 g/mol. The zero-order chi connectivity index (χ0) is 19.4. The molecule has 0 aliphatic carbocycles. The Labute approximate surface area is 160 Å². The molecule has 1 atom stereocenters. The number of hydrogen-bond acceptors (Lipinski definition) is 4. The van der Waals surface area contributed by atoms with Crippen LogP contribution in [-0.4, -0.2) is 45.5 Å². The average Bonchev–Trinajstić information content (AvgIpc) is 2.66. The van der Waals surface area contributed by atoms with Gasteiger partial charge in [0.1, 0.15) is 6.10 Å². The lowest BCUT2D eigenvalue weighted by Gasteiger charge is -2.33. The molecule has 27 heavy (non-hydrogen) atoms. The van der Waals surface area contributed by atoms with Crippen LogP contribution in [0, 0.1) is 13.8 Å². The maximum absolute atomic E-state index is 12.5. The van der Waals surface area contributed by atoms with Gasteiger partial charge in [-0.15, -0.1) is 0 Å². The monoisotopic (exact) mass is 388 g/mol. The van der Waals surface area contributed by atoms with Crippen molar-refractivity contribution in [3.05, 3.63) is 65.2 Å².